The smallest absolute Gasteiger partial charge is 0.303 e. The zero-order chi connectivity index (χ0) is 40.7. The highest BCUT2D eigenvalue weighted by molar-refractivity contribution is 5.95. The zero-order valence-corrected chi connectivity index (χ0v) is 31.6. The molecule has 4 amide bonds. The Kier molecular flexibility index (Phi) is 24.0. The highest BCUT2D eigenvalue weighted by atomic mass is 16.4. The monoisotopic (exact) mass is 761 g/mol. The first-order valence-corrected chi connectivity index (χ1v) is 17.9. The molecule has 0 aliphatic carbocycles. The third-order valence-electron chi connectivity index (χ3n) is 7.78. The quantitative estimate of drug-likeness (QED) is 0.0221. The fraction of sp³-hybridized carbons (Fsp3) is 0.788. The summed E-state index contributed by atoms with van der Waals surface area (Å²) in [6.45, 7) is 6.57. The summed E-state index contributed by atoms with van der Waals surface area (Å²) in [5.74, 6) is -7.38. The van der Waals surface area contributed by atoms with E-state index in [4.69, 9.17) is 16.6 Å². The summed E-state index contributed by atoms with van der Waals surface area (Å²) in [5, 5.41) is 53.9. The molecular formula is C33H63N9O11. The molecule has 6 atom stereocenters. The molecular weight excluding hydrogens is 698 g/mol. The van der Waals surface area contributed by atoms with Crippen LogP contribution in [0.25, 0.3) is 0 Å². The number of rotatable bonds is 29. The highest BCUT2D eigenvalue weighted by Crippen LogP contribution is 2.13. The average Bonchev–Trinajstić information content (AvgIpc) is 3.04. The van der Waals surface area contributed by atoms with E-state index in [1.165, 1.54) is 19.1 Å². The van der Waals surface area contributed by atoms with Crippen LogP contribution in [0, 0.1) is 0 Å². The minimum Gasteiger partial charge on any atom is -0.481 e. The normalized spacial score (nSPS) is 15.0. The molecule has 0 saturated carbocycles. The molecule has 53 heavy (non-hydrogen) atoms. The van der Waals surface area contributed by atoms with Crippen molar-refractivity contribution in [3.05, 3.63) is 0 Å². The van der Waals surface area contributed by atoms with Crippen LogP contribution >= 0.6 is 0 Å². The van der Waals surface area contributed by atoms with E-state index >= 15 is 0 Å². The van der Waals surface area contributed by atoms with Gasteiger partial charge in [-0.3, -0.25) is 44.3 Å². The Morgan fingerprint density at radius 3 is 1.32 bits per heavy atom. The Bertz CT molecular complexity index is 1180. The number of aliphatic hydroxyl groups excluding tert-OH is 1. The molecule has 306 valence electrons. The van der Waals surface area contributed by atoms with Crippen molar-refractivity contribution >= 4 is 41.5 Å². The maximum absolute atomic E-state index is 13.7. The van der Waals surface area contributed by atoms with Crippen molar-refractivity contribution in [3.8, 4) is 0 Å². The van der Waals surface area contributed by atoms with Gasteiger partial charge >= 0.3 is 17.9 Å². The fourth-order valence-corrected chi connectivity index (χ4v) is 5.20. The Balaban J connectivity index is 6.35. The summed E-state index contributed by atoms with van der Waals surface area (Å²) >= 11 is 0. The first kappa shape index (κ1) is 49.0. The second kappa shape index (κ2) is 25.9. The lowest BCUT2D eigenvalue weighted by atomic mass is 10.0. The average molecular weight is 762 g/mol. The third-order valence-corrected chi connectivity index (χ3v) is 7.78. The molecule has 0 aliphatic heterocycles. The summed E-state index contributed by atoms with van der Waals surface area (Å²) < 4.78 is 0. The molecule has 0 heterocycles. The van der Waals surface area contributed by atoms with Crippen molar-refractivity contribution in [3.63, 3.8) is 0 Å². The molecule has 0 bridgehead atoms. The number of aliphatic hydroxyl groups is 1. The van der Waals surface area contributed by atoms with E-state index in [0.29, 0.717) is 45.2 Å². The van der Waals surface area contributed by atoms with E-state index in [1.807, 2.05) is 20.8 Å². The van der Waals surface area contributed by atoms with Gasteiger partial charge < -0.3 is 53.2 Å². The van der Waals surface area contributed by atoms with Gasteiger partial charge in [-0.1, -0.05) is 12.8 Å². The van der Waals surface area contributed by atoms with Gasteiger partial charge in [-0.15, -0.1) is 0 Å². The second-order valence-electron chi connectivity index (χ2n) is 14.1. The lowest BCUT2D eigenvalue weighted by Crippen LogP contribution is -2.61. The number of nitrogens with two attached hydrogens (primary N) is 2. The molecule has 3 unspecified atom stereocenters. The minimum absolute atomic E-state index is 0.189. The minimum atomic E-state index is -1.58. The van der Waals surface area contributed by atoms with E-state index in [0.717, 1.165) is 0 Å². The van der Waals surface area contributed by atoms with Crippen LogP contribution in [0.1, 0.15) is 97.8 Å². The van der Waals surface area contributed by atoms with E-state index in [9.17, 15) is 48.9 Å². The molecule has 0 spiro atoms. The number of carbonyl (C=O) groups is 7. The zero-order valence-electron chi connectivity index (χ0n) is 31.6. The lowest BCUT2D eigenvalue weighted by Gasteiger charge is -2.34. The van der Waals surface area contributed by atoms with Crippen LogP contribution in [-0.4, -0.2) is 136 Å². The molecule has 20 heteroatoms. The van der Waals surface area contributed by atoms with Crippen molar-refractivity contribution in [2.45, 2.75) is 140 Å². The number of hydrogen-bond acceptors (Lipinski definition) is 13. The molecule has 14 N–H and O–H groups in total. The second-order valence-corrected chi connectivity index (χ2v) is 14.1. The first-order valence-electron chi connectivity index (χ1n) is 17.9. The number of carboxylic acids is 3. The largest absolute Gasteiger partial charge is 0.481 e. The van der Waals surface area contributed by atoms with Gasteiger partial charge in [0.2, 0.25) is 17.7 Å². The molecule has 0 radical (unpaired) electrons. The SMILES string of the molecule is CN(C)NC(=O)[C@H](CCC(=O)O)NC(=O)C(CCC(=O)O)NC(=O)[C@H](CCC(=O)O)NC(=O)C(CCCCN)NC(O)[C@H](CCCCN)NC(C)(C)C. The van der Waals surface area contributed by atoms with Gasteiger partial charge in [-0.2, -0.15) is 0 Å². The standard InChI is InChI=1S/C33H63N9O11/c1-33(2,3)40-24(11-7-9-19-35)31(52)36-20(10-6-8-18-34)28(49)37-21(12-15-25(43)44)29(50)38-22(13-16-26(45)46)30(51)39-23(14-17-27(47)48)32(53)41-42(4)5/h20-24,31,36,40,52H,6-19,34-35H2,1-5H3,(H,37,49)(H,38,50)(H,39,51)(H,41,53)(H,43,44)(H,45,46)(H,47,48)/t20?,21-,22?,23-,24-,31?/m0/s1. The van der Waals surface area contributed by atoms with Gasteiger partial charge in [0, 0.05) is 44.9 Å². The summed E-state index contributed by atoms with van der Waals surface area (Å²) in [5.41, 5.74) is 13.3. The molecule has 0 aliphatic rings. The first-order chi connectivity index (χ1) is 24.7. The summed E-state index contributed by atoms with van der Waals surface area (Å²) in [6, 6.07) is -6.05. The van der Waals surface area contributed by atoms with Crippen LogP contribution in [0.5, 0.6) is 0 Å². The third kappa shape index (κ3) is 23.4. The van der Waals surface area contributed by atoms with Gasteiger partial charge in [0.1, 0.15) is 24.4 Å². The number of carboxylic acid groups (broad SMARTS) is 3. The van der Waals surface area contributed by atoms with Crippen LogP contribution in [0.3, 0.4) is 0 Å². The summed E-state index contributed by atoms with van der Waals surface area (Å²) in [6.07, 6.45) is -0.979. The lowest BCUT2D eigenvalue weighted by molar-refractivity contribution is -0.140. The fourth-order valence-electron chi connectivity index (χ4n) is 5.20. The van der Waals surface area contributed by atoms with E-state index in [1.54, 1.807) is 0 Å². The highest BCUT2D eigenvalue weighted by Gasteiger charge is 2.33. The van der Waals surface area contributed by atoms with Crippen LogP contribution in [-0.2, 0) is 33.6 Å². The van der Waals surface area contributed by atoms with Gasteiger partial charge in [-0.25, -0.2) is 5.01 Å². The molecule has 0 saturated heterocycles. The number of amides is 4. The number of unbranched alkanes of at least 4 members (excludes halogenated alkanes) is 2. The van der Waals surface area contributed by atoms with Crippen LogP contribution in [0.15, 0.2) is 0 Å². The van der Waals surface area contributed by atoms with Gasteiger partial charge in [0.15, 0.2) is 0 Å². The predicted molar refractivity (Wildman–Crippen MR) is 194 cm³/mol. The van der Waals surface area contributed by atoms with E-state index < -0.39 is 116 Å². The Labute approximate surface area is 310 Å². The van der Waals surface area contributed by atoms with Crippen LogP contribution in [0.2, 0.25) is 0 Å². The van der Waals surface area contributed by atoms with Gasteiger partial charge in [0.05, 0.1) is 6.04 Å². The van der Waals surface area contributed by atoms with Gasteiger partial charge in [0.25, 0.3) is 5.91 Å². The molecule has 0 rings (SSSR count). The van der Waals surface area contributed by atoms with Crippen molar-refractivity contribution < 1.29 is 54.0 Å². The molecule has 0 aromatic carbocycles. The molecule has 0 fully saturated rings. The van der Waals surface area contributed by atoms with Crippen LogP contribution in [0.4, 0.5) is 0 Å². The Morgan fingerprint density at radius 2 is 0.962 bits per heavy atom. The summed E-state index contributed by atoms with van der Waals surface area (Å²) in [7, 11) is 2.97. The molecule has 0 aromatic heterocycles. The number of aliphatic carboxylic acids is 3. The van der Waals surface area contributed by atoms with Gasteiger partial charge in [-0.05, 0) is 78.8 Å². The number of hydrazine groups is 1. The Hall–Kier alpha value is -3.95. The maximum Gasteiger partial charge on any atom is 0.303 e. The maximum atomic E-state index is 13.7. The van der Waals surface area contributed by atoms with E-state index in [-0.39, 0.29) is 12.8 Å². The van der Waals surface area contributed by atoms with Crippen molar-refractivity contribution in [2.75, 3.05) is 27.2 Å². The molecule has 20 nitrogen and oxygen atoms in total. The predicted octanol–water partition coefficient (Wildman–Crippen LogP) is -2.08. The Morgan fingerprint density at radius 1 is 0.585 bits per heavy atom. The number of carbonyl (C=O) groups excluding carboxylic acids is 4. The topological polar surface area (TPSA) is 328 Å². The number of hydrogen-bond donors (Lipinski definition) is 12. The van der Waals surface area contributed by atoms with Crippen molar-refractivity contribution in [1.82, 2.24) is 37.0 Å². The van der Waals surface area contributed by atoms with Crippen molar-refractivity contribution in [1.29, 1.82) is 0 Å². The van der Waals surface area contributed by atoms with E-state index in [2.05, 4.69) is 32.0 Å². The van der Waals surface area contributed by atoms with Crippen molar-refractivity contribution in [2.24, 2.45) is 11.5 Å². The number of nitrogens with zero attached hydrogens (tertiary/aromatic N) is 1. The number of nitrogens with one attached hydrogen (secondary N) is 6. The van der Waals surface area contributed by atoms with Crippen LogP contribution < -0.4 is 43.5 Å². The summed E-state index contributed by atoms with van der Waals surface area (Å²) in [4.78, 5) is 87.6. The molecule has 0 aromatic rings.